The average Bonchev–Trinajstić information content (AvgIpc) is 2.33. The quantitative estimate of drug-likeness (QED) is 0.783. The maximum atomic E-state index is 6.00. The first kappa shape index (κ1) is 13.0. The topological polar surface area (TPSA) is 25.8 Å². The molecule has 1 aromatic heterocycles. The number of aromatic nitrogens is 2. The van der Waals surface area contributed by atoms with Crippen molar-refractivity contribution in [3.05, 3.63) is 57.6 Å². The van der Waals surface area contributed by atoms with Crippen LogP contribution in [-0.4, -0.2) is 9.97 Å². The number of hydrogen-bond donors (Lipinski definition) is 0. The lowest BCUT2D eigenvalue weighted by Crippen LogP contribution is -2.01. The molecule has 94 valence electrons. The van der Waals surface area contributed by atoms with Crippen molar-refractivity contribution < 1.29 is 0 Å². The molecule has 0 radical (unpaired) electrons. The molecule has 0 atom stereocenters. The summed E-state index contributed by atoms with van der Waals surface area (Å²) >= 11 is 6.00. The van der Waals surface area contributed by atoms with Crippen molar-refractivity contribution in [3.8, 4) is 0 Å². The molecular formula is C15H17ClN2. The Balaban J connectivity index is 2.27. The SMILES string of the molecule is CCc1cc(Cl)nc(Cc2ccc(C)c(C)c2)n1. The normalized spacial score (nSPS) is 10.7. The van der Waals surface area contributed by atoms with Crippen LogP contribution in [0.15, 0.2) is 24.3 Å². The fraction of sp³-hybridized carbons (Fsp3) is 0.333. The van der Waals surface area contributed by atoms with Gasteiger partial charge in [-0.1, -0.05) is 36.7 Å². The van der Waals surface area contributed by atoms with Gasteiger partial charge < -0.3 is 0 Å². The molecule has 2 nitrogen and oxygen atoms in total. The second kappa shape index (κ2) is 5.49. The van der Waals surface area contributed by atoms with Crippen LogP contribution < -0.4 is 0 Å². The summed E-state index contributed by atoms with van der Waals surface area (Å²) in [5.74, 6) is 0.794. The molecule has 0 fully saturated rings. The first-order chi connectivity index (χ1) is 8.58. The summed E-state index contributed by atoms with van der Waals surface area (Å²) in [4.78, 5) is 8.79. The summed E-state index contributed by atoms with van der Waals surface area (Å²) in [7, 11) is 0. The van der Waals surface area contributed by atoms with E-state index in [0.717, 1.165) is 24.4 Å². The predicted octanol–water partition coefficient (Wildman–Crippen LogP) is 3.90. The van der Waals surface area contributed by atoms with E-state index in [1.165, 1.54) is 16.7 Å². The van der Waals surface area contributed by atoms with Crippen molar-refractivity contribution in [1.29, 1.82) is 0 Å². The maximum Gasteiger partial charge on any atom is 0.134 e. The van der Waals surface area contributed by atoms with E-state index in [0.29, 0.717) is 5.15 Å². The lowest BCUT2D eigenvalue weighted by molar-refractivity contribution is 0.905. The molecular weight excluding hydrogens is 244 g/mol. The van der Waals surface area contributed by atoms with E-state index in [1.54, 1.807) is 0 Å². The summed E-state index contributed by atoms with van der Waals surface area (Å²) in [5.41, 5.74) is 4.82. The first-order valence-corrected chi connectivity index (χ1v) is 6.54. The lowest BCUT2D eigenvalue weighted by Gasteiger charge is -2.06. The highest BCUT2D eigenvalue weighted by molar-refractivity contribution is 6.29. The molecule has 0 aliphatic carbocycles. The molecule has 0 aliphatic heterocycles. The van der Waals surface area contributed by atoms with Gasteiger partial charge in [0, 0.05) is 12.1 Å². The molecule has 2 aromatic rings. The van der Waals surface area contributed by atoms with Gasteiger partial charge in [0.2, 0.25) is 0 Å². The van der Waals surface area contributed by atoms with Crippen molar-refractivity contribution in [1.82, 2.24) is 9.97 Å². The highest BCUT2D eigenvalue weighted by atomic mass is 35.5. The Morgan fingerprint density at radius 2 is 1.83 bits per heavy atom. The molecule has 3 heteroatoms. The number of halogens is 1. The fourth-order valence-corrected chi connectivity index (χ4v) is 2.10. The van der Waals surface area contributed by atoms with Gasteiger partial charge in [-0.25, -0.2) is 9.97 Å². The standard InChI is InChI=1S/C15H17ClN2/c1-4-13-9-14(16)18-15(17-13)8-12-6-5-10(2)11(3)7-12/h5-7,9H,4,8H2,1-3H3. The second-order valence-corrected chi connectivity index (χ2v) is 4.93. The minimum absolute atomic E-state index is 0.528. The van der Waals surface area contributed by atoms with Crippen molar-refractivity contribution in [3.63, 3.8) is 0 Å². The summed E-state index contributed by atoms with van der Waals surface area (Å²) in [6.45, 7) is 6.30. The molecule has 0 amide bonds. The van der Waals surface area contributed by atoms with Crippen LogP contribution in [0.4, 0.5) is 0 Å². The Kier molecular flexibility index (Phi) is 3.97. The van der Waals surface area contributed by atoms with E-state index >= 15 is 0 Å². The van der Waals surface area contributed by atoms with Crippen molar-refractivity contribution in [2.75, 3.05) is 0 Å². The minimum Gasteiger partial charge on any atom is -0.237 e. The number of aryl methyl sites for hydroxylation is 3. The fourth-order valence-electron chi connectivity index (χ4n) is 1.87. The zero-order chi connectivity index (χ0) is 13.1. The third kappa shape index (κ3) is 3.08. The highest BCUT2D eigenvalue weighted by Crippen LogP contribution is 2.14. The molecule has 0 saturated heterocycles. The van der Waals surface area contributed by atoms with Crippen LogP contribution in [-0.2, 0) is 12.8 Å². The molecule has 18 heavy (non-hydrogen) atoms. The van der Waals surface area contributed by atoms with E-state index < -0.39 is 0 Å². The van der Waals surface area contributed by atoms with Crippen molar-refractivity contribution in [2.24, 2.45) is 0 Å². The van der Waals surface area contributed by atoms with Crippen LogP contribution in [0.1, 0.15) is 35.1 Å². The molecule has 0 aliphatic rings. The van der Waals surface area contributed by atoms with E-state index in [1.807, 2.05) is 6.07 Å². The van der Waals surface area contributed by atoms with Crippen LogP contribution in [0.5, 0.6) is 0 Å². The van der Waals surface area contributed by atoms with Crippen LogP contribution >= 0.6 is 11.6 Å². The molecule has 0 spiro atoms. The molecule has 2 rings (SSSR count). The van der Waals surface area contributed by atoms with E-state index in [4.69, 9.17) is 11.6 Å². The lowest BCUT2D eigenvalue weighted by atomic mass is 10.0. The van der Waals surface area contributed by atoms with Gasteiger partial charge in [0.05, 0.1) is 0 Å². The summed E-state index contributed by atoms with van der Waals surface area (Å²) in [6.07, 6.45) is 1.61. The minimum atomic E-state index is 0.528. The highest BCUT2D eigenvalue weighted by Gasteiger charge is 2.04. The van der Waals surface area contributed by atoms with E-state index in [9.17, 15) is 0 Å². The Bertz CT molecular complexity index is 564. The third-order valence-corrected chi connectivity index (χ3v) is 3.28. The van der Waals surface area contributed by atoms with Gasteiger partial charge >= 0.3 is 0 Å². The van der Waals surface area contributed by atoms with Crippen LogP contribution in [0.3, 0.4) is 0 Å². The first-order valence-electron chi connectivity index (χ1n) is 6.17. The Labute approximate surface area is 113 Å². The van der Waals surface area contributed by atoms with Crippen molar-refractivity contribution in [2.45, 2.75) is 33.6 Å². The molecule has 1 aromatic carbocycles. The van der Waals surface area contributed by atoms with Gasteiger partial charge in [0.25, 0.3) is 0 Å². The molecule has 1 heterocycles. The van der Waals surface area contributed by atoms with Crippen molar-refractivity contribution >= 4 is 11.6 Å². The zero-order valence-corrected chi connectivity index (χ0v) is 11.8. The second-order valence-electron chi connectivity index (χ2n) is 4.55. The molecule has 0 N–H and O–H groups in total. The molecule has 0 bridgehead atoms. The largest absolute Gasteiger partial charge is 0.237 e. The summed E-state index contributed by atoms with van der Waals surface area (Å²) in [5, 5.41) is 0.528. The Hall–Kier alpha value is -1.41. The number of rotatable bonds is 3. The maximum absolute atomic E-state index is 6.00. The van der Waals surface area contributed by atoms with E-state index in [2.05, 4.69) is 48.9 Å². The van der Waals surface area contributed by atoms with Gasteiger partial charge in [0.15, 0.2) is 0 Å². The Morgan fingerprint density at radius 1 is 1.06 bits per heavy atom. The van der Waals surface area contributed by atoms with Gasteiger partial charge in [-0.15, -0.1) is 0 Å². The summed E-state index contributed by atoms with van der Waals surface area (Å²) in [6, 6.07) is 8.27. The monoisotopic (exact) mass is 260 g/mol. The van der Waals surface area contributed by atoms with Crippen LogP contribution in [0, 0.1) is 13.8 Å². The van der Waals surface area contributed by atoms with Gasteiger partial charge in [-0.05, 0) is 43.0 Å². The van der Waals surface area contributed by atoms with Gasteiger partial charge in [-0.2, -0.15) is 0 Å². The number of benzene rings is 1. The Morgan fingerprint density at radius 3 is 2.50 bits per heavy atom. The smallest absolute Gasteiger partial charge is 0.134 e. The molecule has 0 saturated carbocycles. The zero-order valence-electron chi connectivity index (χ0n) is 11.0. The third-order valence-electron chi connectivity index (χ3n) is 3.09. The number of hydrogen-bond acceptors (Lipinski definition) is 2. The van der Waals surface area contributed by atoms with Gasteiger partial charge in [-0.3, -0.25) is 0 Å². The number of nitrogens with zero attached hydrogens (tertiary/aromatic N) is 2. The predicted molar refractivity (Wildman–Crippen MR) is 75.1 cm³/mol. The van der Waals surface area contributed by atoms with Crippen LogP contribution in [0.2, 0.25) is 5.15 Å². The molecule has 0 unspecified atom stereocenters. The van der Waals surface area contributed by atoms with Gasteiger partial charge in [0.1, 0.15) is 11.0 Å². The van der Waals surface area contributed by atoms with E-state index in [-0.39, 0.29) is 0 Å². The average molecular weight is 261 g/mol. The van der Waals surface area contributed by atoms with Crippen LogP contribution in [0.25, 0.3) is 0 Å². The summed E-state index contributed by atoms with van der Waals surface area (Å²) < 4.78 is 0.